The highest BCUT2D eigenvalue weighted by Crippen LogP contribution is 2.31. The predicted octanol–water partition coefficient (Wildman–Crippen LogP) is 5.28. The maximum Gasteiger partial charge on any atom is 0.220 e. The van der Waals surface area contributed by atoms with Gasteiger partial charge < -0.3 is 10.3 Å². The van der Waals surface area contributed by atoms with Crippen molar-refractivity contribution < 1.29 is 9.18 Å². The molecule has 0 bridgehead atoms. The lowest BCUT2D eigenvalue weighted by atomic mass is 10.0. The summed E-state index contributed by atoms with van der Waals surface area (Å²) in [6, 6.07) is 18.6. The Hall–Kier alpha value is -2.92. The van der Waals surface area contributed by atoms with E-state index in [9.17, 15) is 9.18 Å². The quantitative estimate of drug-likeness (QED) is 0.471. The first-order valence-electron chi connectivity index (χ1n) is 8.85. The molecule has 0 fully saturated rings. The smallest absolute Gasteiger partial charge is 0.220 e. The standard InChI is InChI=1S/C22H19FN2OS/c23-16-8-10-20-19(13-16)18(22(25-20)15-5-2-1-3-6-15)9-11-21(26)24-14-17-7-4-12-27-17/h1-8,10,12-13,25H,9,11,14H2,(H,24,26). The minimum Gasteiger partial charge on any atom is -0.354 e. The fraction of sp³-hybridized carbons (Fsp3) is 0.136. The zero-order valence-electron chi connectivity index (χ0n) is 14.7. The Bertz CT molecular complexity index is 1050. The van der Waals surface area contributed by atoms with Gasteiger partial charge in [0.15, 0.2) is 0 Å². The van der Waals surface area contributed by atoms with Gasteiger partial charge in [0.2, 0.25) is 5.91 Å². The zero-order valence-corrected chi connectivity index (χ0v) is 15.5. The molecule has 0 spiro atoms. The second-order valence-electron chi connectivity index (χ2n) is 6.39. The third-order valence-electron chi connectivity index (χ3n) is 4.57. The van der Waals surface area contributed by atoms with Crippen molar-refractivity contribution in [1.29, 1.82) is 0 Å². The molecule has 0 atom stereocenters. The monoisotopic (exact) mass is 378 g/mol. The van der Waals surface area contributed by atoms with Gasteiger partial charge in [-0.1, -0.05) is 36.4 Å². The Morgan fingerprint density at radius 1 is 1.07 bits per heavy atom. The molecule has 0 saturated heterocycles. The van der Waals surface area contributed by atoms with Gasteiger partial charge in [-0.2, -0.15) is 0 Å². The van der Waals surface area contributed by atoms with Crippen molar-refractivity contribution in [2.24, 2.45) is 0 Å². The van der Waals surface area contributed by atoms with Gasteiger partial charge in [0.05, 0.1) is 6.54 Å². The van der Waals surface area contributed by atoms with Crippen molar-refractivity contribution >= 4 is 28.1 Å². The van der Waals surface area contributed by atoms with Crippen molar-refractivity contribution in [3.05, 3.63) is 82.3 Å². The van der Waals surface area contributed by atoms with Gasteiger partial charge in [0, 0.05) is 27.9 Å². The fourth-order valence-electron chi connectivity index (χ4n) is 3.26. The second-order valence-corrected chi connectivity index (χ2v) is 7.42. The summed E-state index contributed by atoms with van der Waals surface area (Å²) in [5.41, 5.74) is 3.83. The molecule has 2 N–H and O–H groups in total. The molecule has 3 nitrogen and oxygen atoms in total. The number of benzene rings is 2. The van der Waals surface area contributed by atoms with Crippen molar-refractivity contribution in [3.63, 3.8) is 0 Å². The van der Waals surface area contributed by atoms with Crippen LogP contribution in [0.5, 0.6) is 0 Å². The summed E-state index contributed by atoms with van der Waals surface area (Å²) in [6.45, 7) is 0.546. The van der Waals surface area contributed by atoms with Crippen molar-refractivity contribution in [1.82, 2.24) is 10.3 Å². The second kappa shape index (κ2) is 7.76. The van der Waals surface area contributed by atoms with E-state index in [1.54, 1.807) is 17.4 Å². The van der Waals surface area contributed by atoms with Crippen LogP contribution in [0.3, 0.4) is 0 Å². The number of rotatable bonds is 6. The van der Waals surface area contributed by atoms with Crippen LogP contribution < -0.4 is 5.32 Å². The first-order chi connectivity index (χ1) is 13.2. The lowest BCUT2D eigenvalue weighted by Crippen LogP contribution is -2.22. The number of hydrogen-bond donors (Lipinski definition) is 2. The Morgan fingerprint density at radius 3 is 2.70 bits per heavy atom. The number of carbonyl (C=O) groups is 1. The average molecular weight is 378 g/mol. The highest BCUT2D eigenvalue weighted by atomic mass is 32.1. The van der Waals surface area contributed by atoms with E-state index in [2.05, 4.69) is 10.3 Å². The summed E-state index contributed by atoms with van der Waals surface area (Å²) < 4.78 is 13.8. The molecule has 27 heavy (non-hydrogen) atoms. The zero-order chi connectivity index (χ0) is 18.6. The number of carbonyl (C=O) groups excluding carboxylic acids is 1. The van der Waals surface area contributed by atoms with E-state index in [0.717, 1.165) is 32.6 Å². The molecular formula is C22H19FN2OS. The molecule has 2 aromatic heterocycles. The molecule has 2 heterocycles. The van der Waals surface area contributed by atoms with Crippen LogP contribution in [0.2, 0.25) is 0 Å². The average Bonchev–Trinajstić information content (AvgIpc) is 3.33. The molecule has 136 valence electrons. The highest BCUT2D eigenvalue weighted by Gasteiger charge is 2.15. The normalized spacial score (nSPS) is 11.0. The molecule has 1 amide bonds. The van der Waals surface area contributed by atoms with E-state index in [-0.39, 0.29) is 11.7 Å². The van der Waals surface area contributed by atoms with Gasteiger partial charge in [-0.3, -0.25) is 4.79 Å². The summed E-state index contributed by atoms with van der Waals surface area (Å²) in [5.74, 6) is -0.280. The van der Waals surface area contributed by atoms with Gasteiger partial charge in [0.25, 0.3) is 0 Å². The maximum absolute atomic E-state index is 13.8. The number of aromatic nitrogens is 1. The first-order valence-corrected chi connectivity index (χ1v) is 9.73. The number of nitrogens with one attached hydrogen (secondary N) is 2. The van der Waals surface area contributed by atoms with E-state index < -0.39 is 0 Å². The van der Waals surface area contributed by atoms with Crippen LogP contribution in [0, 0.1) is 5.82 Å². The van der Waals surface area contributed by atoms with Crippen molar-refractivity contribution in [2.75, 3.05) is 0 Å². The SMILES string of the molecule is O=C(CCc1c(-c2ccccc2)[nH]c2ccc(F)cc12)NCc1cccs1. The number of thiophene rings is 1. The van der Waals surface area contributed by atoms with Crippen LogP contribution in [0.1, 0.15) is 16.9 Å². The molecule has 0 unspecified atom stereocenters. The predicted molar refractivity (Wildman–Crippen MR) is 108 cm³/mol. The summed E-state index contributed by atoms with van der Waals surface area (Å²) in [4.78, 5) is 16.8. The summed E-state index contributed by atoms with van der Waals surface area (Å²) in [7, 11) is 0. The molecule has 5 heteroatoms. The topological polar surface area (TPSA) is 44.9 Å². The summed E-state index contributed by atoms with van der Waals surface area (Å²) in [5, 5.41) is 5.78. The van der Waals surface area contributed by atoms with E-state index in [1.165, 1.54) is 12.1 Å². The van der Waals surface area contributed by atoms with Crippen LogP contribution in [-0.2, 0) is 17.8 Å². The summed E-state index contributed by atoms with van der Waals surface area (Å²) >= 11 is 1.62. The molecular weight excluding hydrogens is 359 g/mol. The highest BCUT2D eigenvalue weighted by molar-refractivity contribution is 7.09. The molecule has 4 rings (SSSR count). The molecule has 2 aromatic carbocycles. The van der Waals surface area contributed by atoms with Gasteiger partial charge in [-0.05, 0) is 47.2 Å². The first kappa shape index (κ1) is 17.5. The minimum atomic E-state index is -0.274. The van der Waals surface area contributed by atoms with Crippen LogP contribution in [0.4, 0.5) is 4.39 Å². The van der Waals surface area contributed by atoms with Crippen molar-refractivity contribution in [2.45, 2.75) is 19.4 Å². The van der Waals surface area contributed by atoms with Crippen LogP contribution in [-0.4, -0.2) is 10.9 Å². The minimum absolute atomic E-state index is 0.00633. The van der Waals surface area contributed by atoms with Crippen LogP contribution in [0.15, 0.2) is 66.0 Å². The van der Waals surface area contributed by atoms with Crippen LogP contribution in [0.25, 0.3) is 22.2 Å². The van der Waals surface area contributed by atoms with Gasteiger partial charge in [-0.15, -0.1) is 11.3 Å². The number of aryl methyl sites for hydroxylation is 1. The third kappa shape index (κ3) is 3.93. The molecule has 0 saturated carbocycles. The molecule has 0 aliphatic heterocycles. The Labute approximate surface area is 160 Å². The number of halogens is 1. The van der Waals surface area contributed by atoms with E-state index in [0.29, 0.717) is 19.4 Å². The maximum atomic E-state index is 13.8. The van der Waals surface area contributed by atoms with Crippen LogP contribution >= 0.6 is 11.3 Å². The lowest BCUT2D eigenvalue weighted by Gasteiger charge is -2.07. The Kier molecular flexibility index (Phi) is 5.03. The fourth-order valence-corrected chi connectivity index (χ4v) is 3.90. The number of hydrogen-bond acceptors (Lipinski definition) is 2. The third-order valence-corrected chi connectivity index (χ3v) is 5.45. The summed E-state index contributed by atoms with van der Waals surface area (Å²) in [6.07, 6.45) is 0.901. The Balaban J connectivity index is 1.57. The largest absolute Gasteiger partial charge is 0.354 e. The lowest BCUT2D eigenvalue weighted by molar-refractivity contribution is -0.121. The molecule has 0 aliphatic rings. The van der Waals surface area contributed by atoms with Gasteiger partial charge >= 0.3 is 0 Å². The molecule has 0 aliphatic carbocycles. The van der Waals surface area contributed by atoms with E-state index in [4.69, 9.17) is 0 Å². The van der Waals surface area contributed by atoms with E-state index >= 15 is 0 Å². The van der Waals surface area contributed by atoms with Gasteiger partial charge in [-0.25, -0.2) is 4.39 Å². The van der Waals surface area contributed by atoms with Crippen molar-refractivity contribution in [3.8, 4) is 11.3 Å². The number of amides is 1. The number of H-pyrrole nitrogens is 1. The number of aromatic amines is 1. The Morgan fingerprint density at radius 2 is 1.93 bits per heavy atom. The molecule has 0 radical (unpaired) electrons. The van der Waals surface area contributed by atoms with E-state index in [1.807, 2.05) is 47.8 Å². The number of fused-ring (bicyclic) bond motifs is 1. The van der Waals surface area contributed by atoms with Gasteiger partial charge in [0.1, 0.15) is 5.82 Å². The molecule has 4 aromatic rings.